The first-order valence-corrected chi connectivity index (χ1v) is 6.39. The topological polar surface area (TPSA) is 31.6 Å². The van der Waals surface area contributed by atoms with Crippen LogP contribution in [0.15, 0.2) is 52.9 Å². The predicted molar refractivity (Wildman–Crippen MR) is 74.9 cm³/mol. The van der Waals surface area contributed by atoms with Gasteiger partial charge in [0.25, 0.3) is 0 Å². The van der Waals surface area contributed by atoms with Gasteiger partial charge in [-0.25, -0.2) is 0 Å². The summed E-state index contributed by atoms with van der Waals surface area (Å²) in [5, 5.41) is 0.762. The van der Waals surface area contributed by atoms with Gasteiger partial charge in [-0.3, -0.25) is 0 Å². The molecule has 0 aliphatic rings. The van der Waals surface area contributed by atoms with Crippen molar-refractivity contribution in [3.63, 3.8) is 0 Å². The molecule has 0 aliphatic carbocycles. The molecule has 0 amide bonds. The number of benzene rings is 2. The SMILES string of the molecule is COc1ccc2cc(-c3ccccc3OC(F)(F)F)oc2c1. The lowest BCUT2D eigenvalue weighted by Crippen LogP contribution is -2.17. The van der Waals surface area contributed by atoms with Gasteiger partial charge in [0.1, 0.15) is 22.8 Å². The molecule has 6 heteroatoms. The summed E-state index contributed by atoms with van der Waals surface area (Å²) in [6.45, 7) is 0. The molecule has 0 atom stereocenters. The van der Waals surface area contributed by atoms with Crippen LogP contribution in [-0.4, -0.2) is 13.5 Å². The second-order valence-electron chi connectivity index (χ2n) is 4.56. The monoisotopic (exact) mass is 308 g/mol. The molecule has 0 aliphatic heterocycles. The highest BCUT2D eigenvalue weighted by atomic mass is 19.4. The molecule has 1 heterocycles. The minimum atomic E-state index is -4.76. The summed E-state index contributed by atoms with van der Waals surface area (Å²) >= 11 is 0. The second-order valence-corrected chi connectivity index (χ2v) is 4.56. The lowest BCUT2D eigenvalue weighted by molar-refractivity contribution is -0.274. The summed E-state index contributed by atoms with van der Waals surface area (Å²) in [5.74, 6) is 0.595. The predicted octanol–water partition coefficient (Wildman–Crippen LogP) is 5.01. The van der Waals surface area contributed by atoms with Gasteiger partial charge in [-0.1, -0.05) is 12.1 Å². The van der Waals surface area contributed by atoms with E-state index in [4.69, 9.17) is 9.15 Å². The minimum absolute atomic E-state index is 0.231. The third kappa shape index (κ3) is 2.86. The maximum absolute atomic E-state index is 12.5. The van der Waals surface area contributed by atoms with Crippen LogP contribution in [0.1, 0.15) is 0 Å². The fourth-order valence-corrected chi connectivity index (χ4v) is 2.16. The second kappa shape index (κ2) is 5.29. The van der Waals surface area contributed by atoms with E-state index in [1.807, 2.05) is 0 Å². The lowest BCUT2D eigenvalue weighted by Gasteiger charge is -2.11. The summed E-state index contributed by atoms with van der Waals surface area (Å²) in [6.07, 6.45) is -4.76. The molecule has 3 rings (SSSR count). The molecule has 0 spiro atoms. The summed E-state index contributed by atoms with van der Waals surface area (Å²) in [7, 11) is 1.53. The maximum atomic E-state index is 12.5. The molecule has 0 saturated heterocycles. The number of hydrogen-bond acceptors (Lipinski definition) is 3. The van der Waals surface area contributed by atoms with Crippen molar-refractivity contribution >= 4 is 11.0 Å². The molecule has 2 aromatic carbocycles. The Morgan fingerprint density at radius 1 is 1.00 bits per heavy atom. The number of fused-ring (bicyclic) bond motifs is 1. The summed E-state index contributed by atoms with van der Waals surface area (Å²) in [4.78, 5) is 0. The summed E-state index contributed by atoms with van der Waals surface area (Å²) < 4.78 is 52.2. The molecule has 3 nitrogen and oxygen atoms in total. The number of halogens is 3. The molecule has 0 N–H and O–H groups in total. The van der Waals surface area contributed by atoms with Crippen molar-refractivity contribution in [3.8, 4) is 22.8 Å². The van der Waals surface area contributed by atoms with Gasteiger partial charge in [-0.05, 0) is 30.3 Å². The van der Waals surface area contributed by atoms with Crippen molar-refractivity contribution in [3.05, 3.63) is 48.5 Å². The van der Waals surface area contributed by atoms with Gasteiger partial charge in [-0.2, -0.15) is 0 Å². The quantitative estimate of drug-likeness (QED) is 0.682. The molecule has 114 valence electrons. The molecule has 0 fully saturated rings. The summed E-state index contributed by atoms with van der Waals surface area (Å²) in [6, 6.07) is 12.7. The smallest absolute Gasteiger partial charge is 0.497 e. The molecule has 0 radical (unpaired) electrons. The molecule has 22 heavy (non-hydrogen) atoms. The van der Waals surface area contributed by atoms with E-state index < -0.39 is 6.36 Å². The van der Waals surface area contributed by atoms with Crippen LogP contribution in [0.5, 0.6) is 11.5 Å². The maximum Gasteiger partial charge on any atom is 0.573 e. The van der Waals surface area contributed by atoms with Crippen molar-refractivity contribution < 1.29 is 27.1 Å². The van der Waals surface area contributed by atoms with Gasteiger partial charge >= 0.3 is 6.36 Å². The average molecular weight is 308 g/mol. The number of furan rings is 1. The highest BCUT2D eigenvalue weighted by Crippen LogP contribution is 2.37. The van der Waals surface area contributed by atoms with E-state index in [0.717, 1.165) is 5.39 Å². The Bertz CT molecular complexity index is 806. The Morgan fingerprint density at radius 3 is 2.50 bits per heavy atom. The van der Waals surface area contributed by atoms with Crippen molar-refractivity contribution in [1.82, 2.24) is 0 Å². The molecule has 1 aromatic heterocycles. The van der Waals surface area contributed by atoms with Crippen LogP contribution in [0.2, 0.25) is 0 Å². The van der Waals surface area contributed by atoms with E-state index in [0.29, 0.717) is 17.1 Å². The van der Waals surface area contributed by atoms with Crippen LogP contribution in [0.4, 0.5) is 13.2 Å². The van der Waals surface area contributed by atoms with Crippen LogP contribution in [-0.2, 0) is 0 Å². The largest absolute Gasteiger partial charge is 0.573 e. The van der Waals surface area contributed by atoms with E-state index in [1.165, 1.54) is 25.3 Å². The first kappa shape index (κ1) is 14.3. The standard InChI is InChI=1S/C16H11F3O3/c1-20-11-7-6-10-8-15(21-14(10)9-11)12-4-2-3-5-13(12)22-16(17,18)19/h2-9H,1H3. The number of alkyl halides is 3. The highest BCUT2D eigenvalue weighted by Gasteiger charge is 2.32. The van der Waals surface area contributed by atoms with Crippen LogP contribution in [0.3, 0.4) is 0 Å². The Balaban J connectivity index is 2.07. The normalized spacial score (nSPS) is 11.6. The van der Waals surface area contributed by atoms with Gasteiger partial charge in [0, 0.05) is 11.5 Å². The average Bonchev–Trinajstić information content (AvgIpc) is 2.88. The summed E-state index contributed by atoms with van der Waals surface area (Å²) in [5.41, 5.74) is 0.756. The number of hydrogen-bond donors (Lipinski definition) is 0. The van der Waals surface area contributed by atoms with Crippen molar-refractivity contribution in [2.24, 2.45) is 0 Å². The van der Waals surface area contributed by atoms with Crippen molar-refractivity contribution in [2.45, 2.75) is 6.36 Å². The zero-order chi connectivity index (χ0) is 15.7. The van der Waals surface area contributed by atoms with Crippen LogP contribution < -0.4 is 9.47 Å². The number of rotatable bonds is 3. The third-order valence-electron chi connectivity index (χ3n) is 3.11. The fraction of sp³-hybridized carbons (Fsp3) is 0.125. The van der Waals surface area contributed by atoms with Gasteiger partial charge in [0.2, 0.25) is 0 Å². The first-order valence-electron chi connectivity index (χ1n) is 6.39. The number of para-hydroxylation sites is 1. The fourth-order valence-electron chi connectivity index (χ4n) is 2.16. The van der Waals surface area contributed by atoms with E-state index in [1.54, 1.807) is 30.3 Å². The Labute approximate surface area is 123 Å². The van der Waals surface area contributed by atoms with E-state index in [2.05, 4.69) is 4.74 Å². The molecule has 0 bridgehead atoms. The zero-order valence-electron chi connectivity index (χ0n) is 11.5. The zero-order valence-corrected chi connectivity index (χ0v) is 11.5. The molecule has 0 unspecified atom stereocenters. The van der Waals surface area contributed by atoms with E-state index in [-0.39, 0.29) is 11.3 Å². The van der Waals surface area contributed by atoms with Crippen molar-refractivity contribution in [1.29, 1.82) is 0 Å². The third-order valence-corrected chi connectivity index (χ3v) is 3.11. The first-order chi connectivity index (χ1) is 10.5. The highest BCUT2D eigenvalue weighted by molar-refractivity contribution is 5.85. The van der Waals surface area contributed by atoms with Gasteiger partial charge in [0.15, 0.2) is 0 Å². The molecular formula is C16H11F3O3. The van der Waals surface area contributed by atoms with Gasteiger partial charge < -0.3 is 13.9 Å². The molecule has 3 aromatic rings. The minimum Gasteiger partial charge on any atom is -0.497 e. The molecule has 0 saturated carbocycles. The van der Waals surface area contributed by atoms with Crippen molar-refractivity contribution in [2.75, 3.05) is 7.11 Å². The lowest BCUT2D eigenvalue weighted by atomic mass is 10.1. The number of methoxy groups -OCH3 is 1. The number of ether oxygens (including phenoxy) is 2. The van der Waals surface area contributed by atoms with Crippen LogP contribution in [0.25, 0.3) is 22.3 Å². The van der Waals surface area contributed by atoms with E-state index in [9.17, 15) is 13.2 Å². The van der Waals surface area contributed by atoms with Crippen LogP contribution in [0, 0.1) is 0 Å². The Hall–Kier alpha value is -2.63. The molecular weight excluding hydrogens is 297 g/mol. The van der Waals surface area contributed by atoms with Gasteiger partial charge in [0.05, 0.1) is 12.7 Å². The van der Waals surface area contributed by atoms with E-state index >= 15 is 0 Å². The van der Waals surface area contributed by atoms with Crippen LogP contribution >= 0.6 is 0 Å². The van der Waals surface area contributed by atoms with Gasteiger partial charge in [-0.15, -0.1) is 13.2 Å². The Kier molecular flexibility index (Phi) is 3.44. The Morgan fingerprint density at radius 2 is 1.77 bits per heavy atom.